The number of cyclic esters (lactones) is 1. The molecule has 0 unspecified atom stereocenters. The van der Waals surface area contributed by atoms with Crippen LogP contribution in [0.3, 0.4) is 0 Å². The summed E-state index contributed by atoms with van der Waals surface area (Å²) in [6.07, 6.45) is -9.19. The zero-order valence-corrected chi connectivity index (χ0v) is 14.8. The Labute approximate surface area is 155 Å². The fraction of sp³-hybridized carbons (Fsp3) is 0.812. The summed E-state index contributed by atoms with van der Waals surface area (Å²) in [5.41, 5.74) is 0. The second kappa shape index (κ2) is 9.64. The average Bonchev–Trinajstić information content (AvgIpc) is 2.97. The largest absolute Gasteiger partial charge is 0.490 e. The number of esters is 1. The summed E-state index contributed by atoms with van der Waals surface area (Å²) < 4.78 is 21.0. The number of aliphatic hydroxyl groups is 6. The molecule has 2 aliphatic heterocycles. The Hall–Kier alpha value is -1.47. The molecule has 2 heterocycles. The molecule has 0 aromatic heterocycles. The monoisotopic (exact) mass is 394 g/mol. The van der Waals surface area contributed by atoms with E-state index in [1.807, 2.05) is 6.92 Å². The molecule has 11 nitrogen and oxygen atoms in total. The summed E-state index contributed by atoms with van der Waals surface area (Å²) in [5.74, 6) is -1.68. The third-order valence-electron chi connectivity index (χ3n) is 4.28. The third kappa shape index (κ3) is 4.69. The number of carbonyl (C=O) groups excluding carboxylic acids is 1. The highest BCUT2D eigenvalue weighted by atomic mass is 16.7. The molecule has 6 N–H and O–H groups in total. The van der Waals surface area contributed by atoms with E-state index < -0.39 is 67.9 Å². The van der Waals surface area contributed by atoms with Crippen molar-refractivity contribution in [2.75, 3.05) is 19.8 Å². The van der Waals surface area contributed by atoms with Gasteiger partial charge in [-0.3, -0.25) is 0 Å². The number of hydrogen-bond acceptors (Lipinski definition) is 11. The van der Waals surface area contributed by atoms with Crippen molar-refractivity contribution in [3.63, 3.8) is 0 Å². The second-order valence-electron chi connectivity index (χ2n) is 6.29. The molecule has 0 saturated carbocycles. The Kier molecular flexibility index (Phi) is 7.79. The number of ether oxygens (including phenoxy) is 4. The Balaban J connectivity index is 2.24. The normalized spacial score (nSPS) is 35.1. The van der Waals surface area contributed by atoms with Gasteiger partial charge in [-0.2, -0.15) is 0 Å². The first-order chi connectivity index (χ1) is 12.8. The van der Waals surface area contributed by atoms with Gasteiger partial charge in [0.2, 0.25) is 12.0 Å². The molecule has 2 rings (SSSR count). The molecule has 27 heavy (non-hydrogen) atoms. The third-order valence-corrected chi connectivity index (χ3v) is 4.28. The minimum Gasteiger partial charge on any atom is -0.490 e. The molecule has 0 amide bonds. The zero-order valence-electron chi connectivity index (χ0n) is 14.8. The van der Waals surface area contributed by atoms with E-state index in [1.165, 1.54) is 0 Å². The standard InChI is InChI=1S/C16H26O11/c1-2-3-4-24-13-12(7(19)5-17)26-15(23)14(13)27-16-11(22)10(21)9(20)8(6-18)25-16/h7-12,16-22H,2-6H2,1H3/t7-,8+,9+,10-,11+,12-,16-/m1/s1. The van der Waals surface area contributed by atoms with Crippen LogP contribution in [0.1, 0.15) is 19.8 Å². The van der Waals surface area contributed by atoms with Gasteiger partial charge in [0.25, 0.3) is 0 Å². The Morgan fingerprint density at radius 2 is 1.85 bits per heavy atom. The minimum absolute atomic E-state index is 0.174. The summed E-state index contributed by atoms with van der Waals surface area (Å²) in [7, 11) is 0. The summed E-state index contributed by atoms with van der Waals surface area (Å²) in [6, 6.07) is 0. The Bertz CT molecular complexity index is 534. The summed E-state index contributed by atoms with van der Waals surface area (Å²) in [5, 5.41) is 57.9. The van der Waals surface area contributed by atoms with Crippen LogP contribution in [0.2, 0.25) is 0 Å². The highest BCUT2D eigenvalue weighted by molar-refractivity contribution is 5.89. The van der Waals surface area contributed by atoms with Gasteiger partial charge in [-0.15, -0.1) is 0 Å². The maximum atomic E-state index is 12.1. The molecule has 0 aromatic rings. The smallest absolute Gasteiger partial charge is 0.378 e. The van der Waals surface area contributed by atoms with Gasteiger partial charge in [-0.25, -0.2) is 4.79 Å². The Morgan fingerprint density at radius 1 is 1.15 bits per heavy atom. The fourth-order valence-corrected chi connectivity index (χ4v) is 2.66. The van der Waals surface area contributed by atoms with E-state index in [4.69, 9.17) is 24.1 Å². The predicted octanol–water partition coefficient (Wildman–Crippen LogP) is -2.89. The molecule has 0 spiro atoms. The zero-order chi connectivity index (χ0) is 20.1. The molecular weight excluding hydrogens is 368 g/mol. The first kappa shape index (κ1) is 21.8. The van der Waals surface area contributed by atoms with Gasteiger partial charge in [0.1, 0.15) is 30.5 Å². The van der Waals surface area contributed by atoms with E-state index in [-0.39, 0.29) is 12.4 Å². The quantitative estimate of drug-likeness (QED) is 0.175. The summed E-state index contributed by atoms with van der Waals surface area (Å²) in [6.45, 7) is 0.726. The molecule has 2 aliphatic rings. The van der Waals surface area contributed by atoms with Gasteiger partial charge < -0.3 is 49.6 Å². The summed E-state index contributed by atoms with van der Waals surface area (Å²) in [4.78, 5) is 12.1. The highest BCUT2D eigenvalue weighted by Crippen LogP contribution is 2.31. The van der Waals surface area contributed by atoms with Crippen molar-refractivity contribution in [1.29, 1.82) is 0 Å². The van der Waals surface area contributed by atoms with Gasteiger partial charge in [0, 0.05) is 0 Å². The summed E-state index contributed by atoms with van der Waals surface area (Å²) >= 11 is 0. The highest BCUT2D eigenvalue weighted by Gasteiger charge is 2.48. The molecule has 0 radical (unpaired) electrons. The number of rotatable bonds is 9. The molecular formula is C16H26O11. The molecule has 1 fully saturated rings. The lowest BCUT2D eigenvalue weighted by Crippen LogP contribution is -2.59. The van der Waals surface area contributed by atoms with Crippen LogP contribution in [-0.4, -0.2) is 99.3 Å². The molecule has 0 bridgehead atoms. The van der Waals surface area contributed by atoms with Crippen molar-refractivity contribution in [1.82, 2.24) is 0 Å². The molecule has 156 valence electrons. The van der Waals surface area contributed by atoms with E-state index in [2.05, 4.69) is 0 Å². The SMILES string of the molecule is CCCCOC1=C(O[C@H]2O[C@@H](CO)[C@H](O)[C@@H](O)[C@@H]2O)C(=O)O[C@@H]1[C@H](O)CO. The maximum absolute atomic E-state index is 12.1. The van der Waals surface area contributed by atoms with Gasteiger partial charge in [0.05, 0.1) is 19.8 Å². The van der Waals surface area contributed by atoms with E-state index in [0.29, 0.717) is 6.42 Å². The van der Waals surface area contributed by atoms with Crippen molar-refractivity contribution in [3.8, 4) is 0 Å². The molecule has 7 atom stereocenters. The maximum Gasteiger partial charge on any atom is 0.378 e. The molecule has 11 heteroatoms. The van der Waals surface area contributed by atoms with Crippen LogP contribution in [0.15, 0.2) is 11.5 Å². The van der Waals surface area contributed by atoms with Crippen molar-refractivity contribution in [3.05, 3.63) is 11.5 Å². The molecule has 1 saturated heterocycles. The van der Waals surface area contributed by atoms with Crippen molar-refractivity contribution in [2.45, 2.75) is 62.7 Å². The van der Waals surface area contributed by atoms with E-state index >= 15 is 0 Å². The first-order valence-electron chi connectivity index (χ1n) is 8.69. The van der Waals surface area contributed by atoms with Crippen LogP contribution >= 0.6 is 0 Å². The van der Waals surface area contributed by atoms with Crippen LogP contribution < -0.4 is 0 Å². The minimum atomic E-state index is -1.73. The van der Waals surface area contributed by atoms with Gasteiger partial charge >= 0.3 is 5.97 Å². The number of unbranched alkanes of at least 4 members (excludes halogenated alkanes) is 1. The lowest BCUT2D eigenvalue weighted by Gasteiger charge is -2.39. The predicted molar refractivity (Wildman–Crippen MR) is 85.7 cm³/mol. The Morgan fingerprint density at radius 3 is 2.44 bits per heavy atom. The molecule has 0 aromatic carbocycles. The van der Waals surface area contributed by atoms with Crippen molar-refractivity contribution < 1.29 is 54.4 Å². The number of carbonyl (C=O) groups is 1. The van der Waals surface area contributed by atoms with Gasteiger partial charge in [0.15, 0.2) is 11.9 Å². The fourth-order valence-electron chi connectivity index (χ4n) is 2.66. The number of hydrogen-bond donors (Lipinski definition) is 6. The van der Waals surface area contributed by atoms with E-state index in [1.54, 1.807) is 0 Å². The van der Waals surface area contributed by atoms with Crippen LogP contribution in [0.5, 0.6) is 0 Å². The van der Waals surface area contributed by atoms with E-state index in [9.17, 15) is 30.3 Å². The van der Waals surface area contributed by atoms with Gasteiger partial charge in [-0.05, 0) is 6.42 Å². The van der Waals surface area contributed by atoms with Crippen molar-refractivity contribution >= 4 is 5.97 Å². The van der Waals surface area contributed by atoms with Crippen molar-refractivity contribution in [2.24, 2.45) is 0 Å². The van der Waals surface area contributed by atoms with Crippen LogP contribution in [0.4, 0.5) is 0 Å². The topological polar surface area (TPSA) is 175 Å². The van der Waals surface area contributed by atoms with E-state index in [0.717, 1.165) is 6.42 Å². The van der Waals surface area contributed by atoms with Crippen LogP contribution in [-0.2, 0) is 23.7 Å². The van der Waals surface area contributed by atoms with Crippen LogP contribution in [0.25, 0.3) is 0 Å². The van der Waals surface area contributed by atoms with Crippen LogP contribution in [0, 0.1) is 0 Å². The second-order valence-corrected chi connectivity index (χ2v) is 6.29. The average molecular weight is 394 g/mol. The lowest BCUT2D eigenvalue weighted by atomic mass is 9.99. The number of aliphatic hydroxyl groups excluding tert-OH is 6. The lowest BCUT2D eigenvalue weighted by molar-refractivity contribution is -0.291. The molecule has 0 aliphatic carbocycles. The first-order valence-corrected chi connectivity index (χ1v) is 8.69. The van der Waals surface area contributed by atoms with Gasteiger partial charge in [-0.1, -0.05) is 13.3 Å².